The molecule has 1 aliphatic rings. The van der Waals surface area contributed by atoms with E-state index in [9.17, 15) is 9.59 Å². The molecule has 1 unspecified atom stereocenters. The Balaban J connectivity index is 2.08. The van der Waals surface area contributed by atoms with Gasteiger partial charge < -0.3 is 20.1 Å². The highest BCUT2D eigenvalue weighted by atomic mass is 79.9. The molecule has 0 saturated carbocycles. The number of nitrogens with zero attached hydrogens (tertiary/aromatic N) is 1. The van der Waals surface area contributed by atoms with Crippen molar-refractivity contribution in [2.75, 3.05) is 25.5 Å². The van der Waals surface area contributed by atoms with Gasteiger partial charge in [-0.15, -0.1) is 0 Å². The quantitative estimate of drug-likeness (QED) is 0.785. The minimum atomic E-state index is -0.864. The number of carboxylic acid groups (broad SMARTS) is 1. The molecule has 0 aromatic heterocycles. The summed E-state index contributed by atoms with van der Waals surface area (Å²) in [6.45, 7) is 0.667. The van der Waals surface area contributed by atoms with Crippen LogP contribution in [0.15, 0.2) is 21.1 Å². The third-order valence-corrected chi connectivity index (χ3v) is 4.58. The molecular formula is C13H14Br2N2O4. The van der Waals surface area contributed by atoms with Crippen LogP contribution in [0.4, 0.5) is 10.5 Å². The van der Waals surface area contributed by atoms with Crippen LogP contribution in [0.2, 0.25) is 0 Å². The molecule has 8 heteroatoms. The summed E-state index contributed by atoms with van der Waals surface area (Å²) in [5.41, 5.74) is 0.568. The van der Waals surface area contributed by atoms with Crippen molar-refractivity contribution in [1.29, 1.82) is 0 Å². The second kappa shape index (κ2) is 6.65. The first-order chi connectivity index (χ1) is 9.92. The van der Waals surface area contributed by atoms with Crippen LogP contribution in [-0.4, -0.2) is 42.2 Å². The van der Waals surface area contributed by atoms with Gasteiger partial charge >= 0.3 is 12.0 Å². The number of carboxylic acids is 1. The first kappa shape index (κ1) is 16.1. The van der Waals surface area contributed by atoms with Gasteiger partial charge in [-0.2, -0.15) is 0 Å². The van der Waals surface area contributed by atoms with Crippen molar-refractivity contribution < 1.29 is 19.4 Å². The highest BCUT2D eigenvalue weighted by Gasteiger charge is 2.31. The number of likely N-dealkylation sites (tertiary alicyclic amines) is 1. The van der Waals surface area contributed by atoms with Crippen molar-refractivity contribution in [3.63, 3.8) is 0 Å². The molecule has 1 aromatic rings. The summed E-state index contributed by atoms with van der Waals surface area (Å²) in [5, 5.41) is 11.7. The molecule has 2 N–H and O–H groups in total. The van der Waals surface area contributed by atoms with Crippen LogP contribution >= 0.6 is 31.9 Å². The van der Waals surface area contributed by atoms with Crippen LogP contribution in [0.5, 0.6) is 5.75 Å². The van der Waals surface area contributed by atoms with Gasteiger partial charge in [-0.1, -0.05) is 0 Å². The van der Waals surface area contributed by atoms with Crippen molar-refractivity contribution >= 4 is 49.5 Å². The molecule has 0 radical (unpaired) electrons. The van der Waals surface area contributed by atoms with Gasteiger partial charge in [0.2, 0.25) is 0 Å². The van der Waals surface area contributed by atoms with Crippen LogP contribution in [0.25, 0.3) is 0 Å². The van der Waals surface area contributed by atoms with Gasteiger partial charge in [0.15, 0.2) is 0 Å². The summed E-state index contributed by atoms with van der Waals surface area (Å²) in [7, 11) is 1.54. The summed E-state index contributed by atoms with van der Waals surface area (Å²) in [4.78, 5) is 24.6. The molecule has 1 aliphatic heterocycles. The molecule has 1 saturated heterocycles. The normalized spacial score (nSPS) is 17.7. The van der Waals surface area contributed by atoms with Crippen molar-refractivity contribution in [3.8, 4) is 5.75 Å². The lowest BCUT2D eigenvalue weighted by Gasteiger charge is -2.18. The molecule has 0 aliphatic carbocycles. The molecule has 0 bridgehead atoms. The average Bonchev–Trinajstić information content (AvgIpc) is 2.91. The SMILES string of the molecule is COc1cc(NC(=O)N2CCC(C(=O)O)C2)c(Br)cc1Br. The first-order valence-electron chi connectivity index (χ1n) is 6.24. The number of carbonyl (C=O) groups is 2. The zero-order chi connectivity index (χ0) is 15.6. The molecule has 2 rings (SSSR count). The van der Waals surface area contributed by atoms with Gasteiger partial charge in [-0.05, 0) is 44.3 Å². The van der Waals surface area contributed by atoms with E-state index in [0.29, 0.717) is 28.9 Å². The fraction of sp³-hybridized carbons (Fsp3) is 0.385. The predicted octanol–water partition coefficient (Wildman–Crippen LogP) is 3.16. The number of halogens is 2. The van der Waals surface area contributed by atoms with E-state index in [2.05, 4.69) is 37.2 Å². The largest absolute Gasteiger partial charge is 0.495 e. The number of carbonyl (C=O) groups excluding carboxylic acids is 1. The third-order valence-electron chi connectivity index (χ3n) is 3.31. The van der Waals surface area contributed by atoms with Gasteiger partial charge in [-0.25, -0.2) is 4.79 Å². The summed E-state index contributed by atoms with van der Waals surface area (Å²) in [5.74, 6) is -0.756. The Labute approximate surface area is 138 Å². The van der Waals surface area contributed by atoms with Gasteiger partial charge in [0, 0.05) is 23.6 Å². The number of hydrogen-bond donors (Lipinski definition) is 2. The molecule has 1 fully saturated rings. The molecule has 6 nitrogen and oxygen atoms in total. The minimum absolute atomic E-state index is 0.229. The number of anilines is 1. The molecule has 0 spiro atoms. The number of aliphatic carboxylic acids is 1. The van der Waals surface area contributed by atoms with Gasteiger partial charge in [-0.3, -0.25) is 4.79 Å². The zero-order valence-electron chi connectivity index (χ0n) is 11.2. The molecule has 1 atom stereocenters. The van der Waals surface area contributed by atoms with E-state index >= 15 is 0 Å². The smallest absolute Gasteiger partial charge is 0.321 e. The number of urea groups is 1. The first-order valence-corrected chi connectivity index (χ1v) is 7.82. The summed E-state index contributed by atoms with van der Waals surface area (Å²) < 4.78 is 6.66. The van der Waals surface area contributed by atoms with E-state index in [0.717, 1.165) is 4.47 Å². The maximum absolute atomic E-state index is 12.2. The maximum Gasteiger partial charge on any atom is 0.321 e. The highest BCUT2D eigenvalue weighted by molar-refractivity contribution is 9.11. The number of methoxy groups -OCH3 is 1. The summed E-state index contributed by atoms with van der Waals surface area (Å²) in [6.07, 6.45) is 0.480. The van der Waals surface area contributed by atoms with Crippen LogP contribution in [-0.2, 0) is 4.79 Å². The third kappa shape index (κ3) is 3.68. The van der Waals surface area contributed by atoms with E-state index in [1.54, 1.807) is 12.1 Å². The number of hydrogen-bond acceptors (Lipinski definition) is 3. The molecular weight excluding hydrogens is 408 g/mol. The Morgan fingerprint density at radius 3 is 2.67 bits per heavy atom. The standard InChI is InChI=1S/C13H14Br2N2O4/c1-21-11-5-10(8(14)4-9(11)15)16-13(20)17-3-2-7(6-17)12(18)19/h4-5,7H,2-3,6H2,1H3,(H,16,20)(H,18,19). The van der Waals surface area contributed by atoms with Crippen LogP contribution in [0, 0.1) is 5.92 Å². The fourth-order valence-corrected chi connectivity index (χ4v) is 3.38. The summed E-state index contributed by atoms with van der Waals surface area (Å²) in [6, 6.07) is 3.15. The number of nitrogens with one attached hydrogen (secondary N) is 1. The Hall–Kier alpha value is -1.28. The monoisotopic (exact) mass is 420 g/mol. The Kier molecular flexibility index (Phi) is 5.10. The average molecular weight is 422 g/mol. The van der Waals surface area contributed by atoms with Crippen molar-refractivity contribution in [2.45, 2.75) is 6.42 Å². The van der Waals surface area contributed by atoms with E-state index in [4.69, 9.17) is 9.84 Å². The Morgan fingerprint density at radius 1 is 1.38 bits per heavy atom. The van der Waals surface area contributed by atoms with Crippen molar-refractivity contribution in [2.24, 2.45) is 5.92 Å². The lowest BCUT2D eigenvalue weighted by Crippen LogP contribution is -2.33. The molecule has 2 amide bonds. The van der Waals surface area contributed by atoms with E-state index in [-0.39, 0.29) is 12.6 Å². The van der Waals surface area contributed by atoms with Crippen LogP contribution < -0.4 is 10.1 Å². The summed E-state index contributed by atoms with van der Waals surface area (Å²) >= 11 is 6.72. The fourth-order valence-electron chi connectivity index (χ4n) is 2.12. The number of amides is 2. The topological polar surface area (TPSA) is 78.9 Å². The maximum atomic E-state index is 12.2. The zero-order valence-corrected chi connectivity index (χ0v) is 14.4. The number of benzene rings is 1. The molecule has 21 heavy (non-hydrogen) atoms. The van der Waals surface area contributed by atoms with E-state index < -0.39 is 11.9 Å². The Bertz CT molecular complexity index is 580. The van der Waals surface area contributed by atoms with Gasteiger partial charge in [0.25, 0.3) is 0 Å². The lowest BCUT2D eigenvalue weighted by atomic mass is 10.1. The minimum Gasteiger partial charge on any atom is -0.495 e. The molecule has 114 valence electrons. The second-order valence-corrected chi connectivity index (χ2v) is 6.38. The number of rotatable bonds is 3. The number of ether oxygens (including phenoxy) is 1. The van der Waals surface area contributed by atoms with E-state index in [1.165, 1.54) is 12.0 Å². The van der Waals surface area contributed by atoms with Crippen molar-refractivity contribution in [1.82, 2.24) is 4.90 Å². The highest BCUT2D eigenvalue weighted by Crippen LogP contribution is 2.34. The van der Waals surface area contributed by atoms with E-state index in [1.807, 2.05) is 0 Å². The molecule has 1 aromatic carbocycles. The van der Waals surface area contributed by atoms with Crippen LogP contribution in [0.3, 0.4) is 0 Å². The van der Waals surface area contributed by atoms with Crippen LogP contribution in [0.1, 0.15) is 6.42 Å². The van der Waals surface area contributed by atoms with Crippen molar-refractivity contribution in [3.05, 3.63) is 21.1 Å². The van der Waals surface area contributed by atoms with Gasteiger partial charge in [0.1, 0.15) is 5.75 Å². The van der Waals surface area contributed by atoms with Gasteiger partial charge in [0.05, 0.1) is 23.2 Å². The second-order valence-electron chi connectivity index (χ2n) is 4.67. The Morgan fingerprint density at radius 2 is 2.10 bits per heavy atom. The predicted molar refractivity (Wildman–Crippen MR) is 84.7 cm³/mol. The molecule has 1 heterocycles. The lowest BCUT2D eigenvalue weighted by molar-refractivity contribution is -0.141.